The van der Waals surface area contributed by atoms with Crippen molar-refractivity contribution in [3.8, 4) is 11.3 Å². The van der Waals surface area contributed by atoms with Crippen LogP contribution in [0.2, 0.25) is 0 Å². The molecule has 4 nitrogen and oxygen atoms in total. The van der Waals surface area contributed by atoms with Crippen molar-refractivity contribution in [2.75, 3.05) is 0 Å². The summed E-state index contributed by atoms with van der Waals surface area (Å²) in [7, 11) is 1.83. The van der Waals surface area contributed by atoms with Gasteiger partial charge in [-0.15, -0.1) is 5.10 Å². The molecule has 0 aliphatic rings. The fourth-order valence-electron chi connectivity index (χ4n) is 1.61. The number of aryl methyl sites for hydroxylation is 1. The van der Waals surface area contributed by atoms with Crippen LogP contribution < -0.4 is 0 Å². The van der Waals surface area contributed by atoms with E-state index in [1.54, 1.807) is 10.9 Å². The Morgan fingerprint density at radius 2 is 2.25 bits per heavy atom. The minimum Gasteiger partial charge on any atom is -0.294 e. The molecule has 82 valence electrons. The Balaban J connectivity index is 2.44. The fraction of sp³-hybridized carbons (Fsp3) is 0.250. The van der Waals surface area contributed by atoms with Gasteiger partial charge in [0.2, 0.25) is 0 Å². The Kier molecular flexibility index (Phi) is 2.81. The van der Waals surface area contributed by atoms with Crippen LogP contribution in [0.4, 0.5) is 0 Å². The van der Waals surface area contributed by atoms with Crippen LogP contribution in [0.3, 0.4) is 0 Å². The lowest BCUT2D eigenvalue weighted by Crippen LogP contribution is -1.98. The predicted octanol–water partition coefficient (Wildman–Crippen LogP) is 2.07. The first-order chi connectivity index (χ1) is 7.72. The SMILES string of the molecule is CCC(=O)c1cccc(-c2cnnn2C)c1. The van der Waals surface area contributed by atoms with E-state index in [1.807, 2.05) is 38.2 Å². The second kappa shape index (κ2) is 4.26. The number of rotatable bonds is 3. The summed E-state index contributed by atoms with van der Waals surface area (Å²) < 4.78 is 1.69. The molecule has 0 saturated carbocycles. The molecule has 4 heteroatoms. The molecular weight excluding hydrogens is 202 g/mol. The molecule has 0 amide bonds. The van der Waals surface area contributed by atoms with Crippen LogP contribution in [0.1, 0.15) is 23.7 Å². The molecule has 1 aromatic carbocycles. The van der Waals surface area contributed by atoms with Gasteiger partial charge < -0.3 is 0 Å². The topological polar surface area (TPSA) is 47.8 Å². The van der Waals surface area contributed by atoms with E-state index in [9.17, 15) is 4.79 Å². The van der Waals surface area contributed by atoms with Gasteiger partial charge in [0.1, 0.15) is 0 Å². The minimum atomic E-state index is 0.150. The van der Waals surface area contributed by atoms with Gasteiger partial charge >= 0.3 is 0 Å². The molecule has 0 spiro atoms. The smallest absolute Gasteiger partial charge is 0.162 e. The first-order valence-electron chi connectivity index (χ1n) is 5.20. The maximum Gasteiger partial charge on any atom is 0.162 e. The Bertz CT molecular complexity index is 516. The number of benzene rings is 1. The minimum absolute atomic E-state index is 0.150. The van der Waals surface area contributed by atoms with Crippen molar-refractivity contribution < 1.29 is 4.79 Å². The molecule has 0 fully saturated rings. The summed E-state index contributed by atoms with van der Waals surface area (Å²) in [6.45, 7) is 1.86. The van der Waals surface area contributed by atoms with E-state index < -0.39 is 0 Å². The highest BCUT2D eigenvalue weighted by molar-refractivity contribution is 5.96. The van der Waals surface area contributed by atoms with Crippen LogP contribution in [-0.2, 0) is 7.05 Å². The first kappa shape index (κ1) is 10.5. The number of carbonyl (C=O) groups is 1. The molecule has 0 atom stereocenters. The normalized spacial score (nSPS) is 10.4. The maximum absolute atomic E-state index is 11.6. The number of carbonyl (C=O) groups excluding carboxylic acids is 1. The van der Waals surface area contributed by atoms with E-state index in [0.717, 1.165) is 16.8 Å². The number of aromatic nitrogens is 3. The van der Waals surface area contributed by atoms with E-state index in [-0.39, 0.29) is 5.78 Å². The zero-order valence-corrected chi connectivity index (χ0v) is 9.34. The molecule has 16 heavy (non-hydrogen) atoms. The lowest BCUT2D eigenvalue weighted by Gasteiger charge is -2.03. The Morgan fingerprint density at radius 1 is 1.44 bits per heavy atom. The van der Waals surface area contributed by atoms with Gasteiger partial charge in [0.05, 0.1) is 11.9 Å². The van der Waals surface area contributed by atoms with Crippen LogP contribution >= 0.6 is 0 Å². The van der Waals surface area contributed by atoms with E-state index >= 15 is 0 Å². The van der Waals surface area contributed by atoms with Gasteiger partial charge in [0.25, 0.3) is 0 Å². The van der Waals surface area contributed by atoms with Crippen LogP contribution in [0.5, 0.6) is 0 Å². The zero-order chi connectivity index (χ0) is 11.5. The molecule has 1 heterocycles. The third kappa shape index (κ3) is 1.86. The summed E-state index contributed by atoms with van der Waals surface area (Å²) in [4.78, 5) is 11.6. The highest BCUT2D eigenvalue weighted by atomic mass is 16.1. The Hall–Kier alpha value is -1.97. The van der Waals surface area contributed by atoms with E-state index in [4.69, 9.17) is 0 Å². The average Bonchev–Trinajstić information content (AvgIpc) is 2.74. The van der Waals surface area contributed by atoms with Crippen LogP contribution in [-0.4, -0.2) is 20.8 Å². The highest BCUT2D eigenvalue weighted by Gasteiger charge is 2.07. The van der Waals surface area contributed by atoms with E-state index in [2.05, 4.69) is 10.3 Å². The van der Waals surface area contributed by atoms with Gasteiger partial charge in [-0.3, -0.25) is 4.79 Å². The molecule has 0 aliphatic heterocycles. The van der Waals surface area contributed by atoms with Gasteiger partial charge in [0, 0.05) is 24.6 Å². The summed E-state index contributed by atoms with van der Waals surface area (Å²) >= 11 is 0. The van der Waals surface area contributed by atoms with Crippen molar-refractivity contribution in [1.82, 2.24) is 15.0 Å². The van der Waals surface area contributed by atoms with Crippen molar-refractivity contribution in [2.24, 2.45) is 7.05 Å². The number of Topliss-reactive ketones (excluding diaryl/α,β-unsaturated/α-hetero) is 1. The second-order valence-electron chi connectivity index (χ2n) is 3.60. The monoisotopic (exact) mass is 215 g/mol. The van der Waals surface area contributed by atoms with Crippen molar-refractivity contribution in [3.63, 3.8) is 0 Å². The molecular formula is C12H13N3O. The highest BCUT2D eigenvalue weighted by Crippen LogP contribution is 2.19. The lowest BCUT2D eigenvalue weighted by atomic mass is 10.0. The standard InChI is InChI=1S/C12H13N3O/c1-3-12(16)10-6-4-5-9(7-10)11-8-13-14-15(11)2/h4-8H,3H2,1-2H3. The summed E-state index contributed by atoms with van der Waals surface area (Å²) in [6, 6.07) is 7.54. The quantitative estimate of drug-likeness (QED) is 0.736. The number of nitrogens with zero attached hydrogens (tertiary/aromatic N) is 3. The maximum atomic E-state index is 11.6. The fourth-order valence-corrected chi connectivity index (χ4v) is 1.61. The number of hydrogen-bond acceptors (Lipinski definition) is 3. The van der Waals surface area contributed by atoms with Crippen LogP contribution in [0.15, 0.2) is 30.5 Å². The van der Waals surface area contributed by atoms with Crippen LogP contribution in [0.25, 0.3) is 11.3 Å². The Morgan fingerprint density at radius 3 is 2.88 bits per heavy atom. The molecule has 2 aromatic rings. The molecule has 0 saturated heterocycles. The summed E-state index contributed by atoms with van der Waals surface area (Å²) in [6.07, 6.45) is 2.21. The second-order valence-corrected chi connectivity index (χ2v) is 3.60. The van der Waals surface area contributed by atoms with Gasteiger partial charge in [-0.2, -0.15) is 0 Å². The molecule has 0 unspecified atom stereocenters. The number of ketones is 1. The lowest BCUT2D eigenvalue weighted by molar-refractivity contribution is 0.0988. The van der Waals surface area contributed by atoms with Gasteiger partial charge in [-0.1, -0.05) is 30.3 Å². The zero-order valence-electron chi connectivity index (χ0n) is 9.34. The van der Waals surface area contributed by atoms with Gasteiger partial charge in [0.15, 0.2) is 5.78 Å². The average molecular weight is 215 g/mol. The molecule has 0 bridgehead atoms. The Labute approximate surface area is 93.9 Å². The van der Waals surface area contributed by atoms with Crippen molar-refractivity contribution in [2.45, 2.75) is 13.3 Å². The third-order valence-electron chi connectivity index (χ3n) is 2.52. The number of hydrogen-bond donors (Lipinski definition) is 0. The predicted molar refractivity (Wildman–Crippen MR) is 61.1 cm³/mol. The molecule has 0 N–H and O–H groups in total. The van der Waals surface area contributed by atoms with Crippen LogP contribution in [0, 0.1) is 0 Å². The van der Waals surface area contributed by atoms with E-state index in [1.165, 1.54) is 0 Å². The van der Waals surface area contributed by atoms with Gasteiger partial charge in [-0.25, -0.2) is 4.68 Å². The van der Waals surface area contributed by atoms with Crippen molar-refractivity contribution >= 4 is 5.78 Å². The summed E-state index contributed by atoms with van der Waals surface area (Å²) in [5, 5.41) is 7.69. The molecule has 0 radical (unpaired) electrons. The van der Waals surface area contributed by atoms with Crippen molar-refractivity contribution in [3.05, 3.63) is 36.0 Å². The largest absolute Gasteiger partial charge is 0.294 e. The first-order valence-corrected chi connectivity index (χ1v) is 5.20. The molecule has 1 aromatic heterocycles. The van der Waals surface area contributed by atoms with Gasteiger partial charge in [-0.05, 0) is 6.07 Å². The van der Waals surface area contributed by atoms with Crippen molar-refractivity contribution in [1.29, 1.82) is 0 Å². The third-order valence-corrected chi connectivity index (χ3v) is 2.52. The summed E-state index contributed by atoms with van der Waals surface area (Å²) in [5.41, 5.74) is 2.61. The molecule has 2 rings (SSSR count). The summed E-state index contributed by atoms with van der Waals surface area (Å²) in [5.74, 6) is 0.150. The molecule has 0 aliphatic carbocycles. The van der Waals surface area contributed by atoms with E-state index in [0.29, 0.717) is 6.42 Å².